The van der Waals surface area contributed by atoms with E-state index in [0.29, 0.717) is 16.4 Å². The molecule has 0 bridgehead atoms. The van der Waals surface area contributed by atoms with E-state index in [0.717, 1.165) is 21.0 Å². The summed E-state index contributed by atoms with van der Waals surface area (Å²) in [6.45, 7) is 4.95. The van der Waals surface area contributed by atoms with Crippen molar-refractivity contribution >= 4 is 54.6 Å². The minimum absolute atomic E-state index is 0.00452. The zero-order valence-electron chi connectivity index (χ0n) is 22.1. The summed E-state index contributed by atoms with van der Waals surface area (Å²) in [5.74, 6) is -0.624. The van der Waals surface area contributed by atoms with E-state index in [9.17, 15) is 21.6 Å². The van der Waals surface area contributed by atoms with Crippen LogP contribution in [0, 0.1) is 20.8 Å². The second-order valence-corrected chi connectivity index (χ2v) is 13.3. The molecule has 0 atom stereocenters. The summed E-state index contributed by atoms with van der Waals surface area (Å²) in [4.78, 5) is 13.1. The summed E-state index contributed by atoms with van der Waals surface area (Å²) in [6, 6.07) is 23.6. The Morgan fingerprint density at radius 1 is 0.750 bits per heavy atom. The van der Waals surface area contributed by atoms with E-state index in [4.69, 9.17) is 11.6 Å². The molecule has 8 nitrogen and oxygen atoms in total. The molecule has 11 heteroatoms. The number of amides is 1. The van der Waals surface area contributed by atoms with Crippen LogP contribution in [0.25, 0.3) is 0 Å². The highest BCUT2D eigenvalue weighted by Crippen LogP contribution is 2.28. The number of halogens is 1. The molecule has 1 amide bonds. The Hall–Kier alpha value is -3.86. The molecular formula is C29H28ClN3O5S2. The molecule has 0 aromatic heterocycles. The number of aryl methyl sites for hydroxylation is 3. The molecule has 40 heavy (non-hydrogen) atoms. The van der Waals surface area contributed by atoms with Crippen LogP contribution in [0.1, 0.15) is 16.7 Å². The zero-order chi connectivity index (χ0) is 29.1. The normalized spacial score (nSPS) is 11.6. The topological polar surface area (TPSA) is 113 Å². The first-order chi connectivity index (χ1) is 18.8. The van der Waals surface area contributed by atoms with E-state index in [-0.39, 0.29) is 15.5 Å². The van der Waals surface area contributed by atoms with Gasteiger partial charge in [-0.05, 0) is 92.6 Å². The fourth-order valence-corrected chi connectivity index (χ4v) is 6.50. The second-order valence-electron chi connectivity index (χ2n) is 9.31. The number of benzene rings is 4. The van der Waals surface area contributed by atoms with Gasteiger partial charge >= 0.3 is 0 Å². The molecule has 0 spiro atoms. The smallest absolute Gasteiger partial charge is 0.264 e. The van der Waals surface area contributed by atoms with Crippen LogP contribution in [0.5, 0.6) is 0 Å². The van der Waals surface area contributed by atoms with Crippen LogP contribution in [0.2, 0.25) is 5.02 Å². The second kappa shape index (κ2) is 11.7. The third kappa shape index (κ3) is 6.82. The molecule has 0 unspecified atom stereocenters. The lowest BCUT2D eigenvalue weighted by Crippen LogP contribution is -2.38. The van der Waals surface area contributed by atoms with Gasteiger partial charge in [-0.1, -0.05) is 47.5 Å². The van der Waals surface area contributed by atoms with Gasteiger partial charge in [0.2, 0.25) is 5.91 Å². The van der Waals surface area contributed by atoms with Crippen LogP contribution < -0.4 is 14.3 Å². The van der Waals surface area contributed by atoms with Crippen LogP contribution in [-0.2, 0) is 24.8 Å². The molecule has 2 N–H and O–H groups in total. The summed E-state index contributed by atoms with van der Waals surface area (Å²) in [5.41, 5.74) is 3.52. The van der Waals surface area contributed by atoms with Crippen molar-refractivity contribution in [1.29, 1.82) is 0 Å². The third-order valence-electron chi connectivity index (χ3n) is 6.06. The van der Waals surface area contributed by atoms with E-state index in [1.54, 1.807) is 49.4 Å². The fourth-order valence-electron chi connectivity index (χ4n) is 3.86. The number of hydrogen-bond donors (Lipinski definition) is 2. The SMILES string of the molecule is Cc1ccc(S(=O)(=O)N(CC(=O)Nc2ccc(S(=O)(=O)Nc3cccc(C)c3)cc2)c2ccc(C)c(Cl)c2)cc1. The van der Waals surface area contributed by atoms with Crippen LogP contribution in [-0.4, -0.2) is 29.3 Å². The molecule has 0 heterocycles. The molecule has 4 aromatic carbocycles. The highest BCUT2D eigenvalue weighted by molar-refractivity contribution is 7.93. The average Bonchev–Trinajstić information content (AvgIpc) is 2.89. The third-order valence-corrected chi connectivity index (χ3v) is 9.65. The van der Waals surface area contributed by atoms with E-state index >= 15 is 0 Å². The number of nitrogens with zero attached hydrogens (tertiary/aromatic N) is 1. The van der Waals surface area contributed by atoms with E-state index < -0.39 is 32.5 Å². The Bertz CT molecular complexity index is 1760. The van der Waals surface area contributed by atoms with Crippen molar-refractivity contribution in [3.8, 4) is 0 Å². The Morgan fingerprint density at radius 3 is 2.02 bits per heavy atom. The van der Waals surface area contributed by atoms with Crippen LogP contribution in [0.4, 0.5) is 17.1 Å². The number of carbonyl (C=O) groups excluding carboxylic acids is 1. The molecule has 0 aliphatic rings. The summed E-state index contributed by atoms with van der Waals surface area (Å²) in [5, 5.41) is 3.00. The Morgan fingerprint density at radius 2 is 1.40 bits per heavy atom. The number of nitrogens with one attached hydrogen (secondary N) is 2. The molecule has 4 rings (SSSR count). The predicted molar refractivity (Wildman–Crippen MR) is 159 cm³/mol. The summed E-state index contributed by atoms with van der Waals surface area (Å²) in [6.07, 6.45) is 0. The molecule has 4 aromatic rings. The maximum absolute atomic E-state index is 13.6. The maximum atomic E-state index is 13.6. The minimum atomic E-state index is -4.12. The van der Waals surface area contributed by atoms with E-state index in [1.165, 1.54) is 42.5 Å². The van der Waals surface area contributed by atoms with Crippen LogP contribution in [0.15, 0.2) is 101 Å². The van der Waals surface area contributed by atoms with Crippen molar-refractivity contribution in [1.82, 2.24) is 0 Å². The Labute approximate surface area is 239 Å². The van der Waals surface area contributed by atoms with Gasteiger partial charge in [0, 0.05) is 16.4 Å². The standard InChI is InChI=1S/C29H28ClN3O5S2/c1-20-7-13-27(14-8-20)40(37,38)33(25-12-9-22(3)28(30)18-25)19-29(34)31-23-10-15-26(16-11-23)39(35,36)32-24-6-4-5-21(2)17-24/h4-18,32H,19H2,1-3H3,(H,31,34). The highest BCUT2D eigenvalue weighted by atomic mass is 35.5. The largest absolute Gasteiger partial charge is 0.325 e. The highest BCUT2D eigenvalue weighted by Gasteiger charge is 2.28. The zero-order valence-corrected chi connectivity index (χ0v) is 24.4. The van der Waals surface area contributed by atoms with Crippen molar-refractivity contribution < 1.29 is 21.6 Å². The number of rotatable bonds is 9. The van der Waals surface area contributed by atoms with Gasteiger partial charge in [-0.3, -0.25) is 13.8 Å². The van der Waals surface area contributed by atoms with Gasteiger partial charge in [0.05, 0.1) is 15.5 Å². The minimum Gasteiger partial charge on any atom is -0.325 e. The molecule has 0 radical (unpaired) electrons. The van der Waals surface area contributed by atoms with Crippen LogP contribution >= 0.6 is 11.6 Å². The first-order valence-electron chi connectivity index (χ1n) is 12.2. The van der Waals surface area contributed by atoms with Crippen molar-refractivity contribution in [2.45, 2.75) is 30.6 Å². The van der Waals surface area contributed by atoms with E-state index in [1.807, 2.05) is 19.9 Å². The molecule has 0 aliphatic heterocycles. The molecule has 0 saturated carbocycles. The van der Waals surface area contributed by atoms with Gasteiger partial charge in [0.25, 0.3) is 20.0 Å². The number of hydrogen-bond acceptors (Lipinski definition) is 5. The number of carbonyl (C=O) groups is 1. The Balaban J connectivity index is 1.55. The van der Waals surface area contributed by atoms with Gasteiger partial charge < -0.3 is 5.32 Å². The predicted octanol–water partition coefficient (Wildman–Crippen LogP) is 5.90. The van der Waals surface area contributed by atoms with Gasteiger partial charge in [-0.2, -0.15) is 0 Å². The van der Waals surface area contributed by atoms with Gasteiger partial charge in [-0.25, -0.2) is 16.8 Å². The van der Waals surface area contributed by atoms with Crippen molar-refractivity contribution in [2.75, 3.05) is 20.9 Å². The monoisotopic (exact) mass is 597 g/mol. The van der Waals surface area contributed by atoms with Crippen molar-refractivity contribution in [2.24, 2.45) is 0 Å². The van der Waals surface area contributed by atoms with Gasteiger partial charge in [0.1, 0.15) is 6.54 Å². The first-order valence-corrected chi connectivity index (χ1v) is 15.5. The first kappa shape index (κ1) is 29.1. The number of sulfonamides is 2. The van der Waals surface area contributed by atoms with E-state index in [2.05, 4.69) is 10.0 Å². The summed E-state index contributed by atoms with van der Waals surface area (Å²) in [7, 11) is -7.97. The molecule has 208 valence electrons. The maximum Gasteiger partial charge on any atom is 0.264 e. The lowest BCUT2D eigenvalue weighted by Gasteiger charge is -2.24. The average molecular weight is 598 g/mol. The quantitative estimate of drug-likeness (QED) is 0.249. The molecule has 0 fully saturated rings. The van der Waals surface area contributed by atoms with Crippen molar-refractivity contribution in [3.63, 3.8) is 0 Å². The van der Waals surface area contributed by atoms with Gasteiger partial charge in [-0.15, -0.1) is 0 Å². The molecule has 0 aliphatic carbocycles. The Kier molecular flexibility index (Phi) is 8.53. The molecule has 0 saturated heterocycles. The lowest BCUT2D eigenvalue weighted by atomic mass is 10.2. The lowest BCUT2D eigenvalue weighted by molar-refractivity contribution is -0.114. The number of anilines is 3. The van der Waals surface area contributed by atoms with Gasteiger partial charge in [0.15, 0.2) is 0 Å². The van der Waals surface area contributed by atoms with Crippen LogP contribution in [0.3, 0.4) is 0 Å². The summed E-state index contributed by atoms with van der Waals surface area (Å²) < 4.78 is 56.2. The fraction of sp³-hybridized carbons (Fsp3) is 0.138. The van der Waals surface area contributed by atoms with Crippen molar-refractivity contribution in [3.05, 3.63) is 113 Å². The molecular weight excluding hydrogens is 570 g/mol. The summed E-state index contributed by atoms with van der Waals surface area (Å²) >= 11 is 6.28.